The van der Waals surface area contributed by atoms with Crippen LogP contribution in [-0.2, 0) is 20.0 Å². The highest BCUT2D eigenvalue weighted by Crippen LogP contribution is 2.33. The fraction of sp³-hybridized carbons (Fsp3) is 0.250. The first-order valence-corrected chi connectivity index (χ1v) is 9.37. The van der Waals surface area contributed by atoms with E-state index in [0.29, 0.717) is 24.4 Å². The molecule has 0 saturated heterocycles. The molecule has 1 aromatic carbocycles. The molecule has 10 heteroatoms. The molecule has 30 heavy (non-hydrogen) atoms. The van der Waals surface area contributed by atoms with E-state index in [1.165, 1.54) is 24.1 Å². The number of hydrogen-bond acceptors (Lipinski definition) is 4. The summed E-state index contributed by atoms with van der Waals surface area (Å²) in [6.07, 6.45) is 1.84. The van der Waals surface area contributed by atoms with Gasteiger partial charge in [-0.25, -0.2) is 18.2 Å². The molecule has 3 heterocycles. The van der Waals surface area contributed by atoms with Crippen LogP contribution in [0, 0.1) is 17.5 Å². The van der Waals surface area contributed by atoms with Gasteiger partial charge in [0.05, 0.1) is 30.6 Å². The van der Waals surface area contributed by atoms with Crippen molar-refractivity contribution in [2.45, 2.75) is 13.0 Å². The van der Waals surface area contributed by atoms with Gasteiger partial charge in [0, 0.05) is 30.9 Å². The van der Waals surface area contributed by atoms with Gasteiger partial charge in [-0.3, -0.25) is 9.48 Å². The number of hydrogen-bond donors (Lipinski definition) is 0. The zero-order valence-corrected chi connectivity index (χ0v) is 16.8. The lowest BCUT2D eigenvalue weighted by atomic mass is 9.99. The number of amides is 1. The molecule has 0 fully saturated rings. The minimum Gasteiger partial charge on any atom is -0.480 e. The van der Waals surface area contributed by atoms with E-state index in [4.69, 9.17) is 16.3 Å². The van der Waals surface area contributed by atoms with Gasteiger partial charge in [0.25, 0.3) is 5.91 Å². The summed E-state index contributed by atoms with van der Waals surface area (Å²) in [6, 6.07) is 3.39. The number of pyridine rings is 1. The van der Waals surface area contributed by atoms with Crippen LogP contribution in [0.15, 0.2) is 24.4 Å². The summed E-state index contributed by atoms with van der Waals surface area (Å²) in [5.74, 6) is -4.21. The molecule has 0 N–H and O–H groups in total. The van der Waals surface area contributed by atoms with E-state index in [1.807, 2.05) is 0 Å². The van der Waals surface area contributed by atoms with Crippen molar-refractivity contribution in [1.29, 1.82) is 0 Å². The number of benzene rings is 1. The molecule has 0 unspecified atom stereocenters. The Labute approximate surface area is 174 Å². The standard InChI is InChI=1S/C20H16ClF3N4O2/c1-27-18(10-7-13(22)17(24)14(23)8-10)11-4-6-28(9-15(11)26-27)20(29)12-3-5-25-19(30-2)16(12)21/h3,5,7-8H,4,6,9H2,1-2H3. The van der Waals surface area contributed by atoms with E-state index in [9.17, 15) is 18.0 Å². The zero-order valence-electron chi connectivity index (χ0n) is 16.0. The zero-order chi connectivity index (χ0) is 21.6. The predicted molar refractivity (Wildman–Crippen MR) is 103 cm³/mol. The summed E-state index contributed by atoms with van der Waals surface area (Å²) in [5, 5.41) is 4.53. The van der Waals surface area contributed by atoms with Gasteiger partial charge in [-0.15, -0.1) is 0 Å². The minimum atomic E-state index is -1.52. The second-order valence-electron chi connectivity index (χ2n) is 6.81. The smallest absolute Gasteiger partial charge is 0.255 e. The van der Waals surface area contributed by atoms with Crippen LogP contribution in [0.2, 0.25) is 5.02 Å². The van der Waals surface area contributed by atoms with Crippen LogP contribution in [-0.4, -0.2) is 39.2 Å². The first-order valence-electron chi connectivity index (χ1n) is 8.99. The van der Waals surface area contributed by atoms with Crippen molar-refractivity contribution in [2.75, 3.05) is 13.7 Å². The SMILES string of the molecule is COc1nccc(C(=O)N2CCc3c(nn(C)c3-c3cc(F)c(F)c(F)c3)C2)c1Cl. The number of rotatable bonds is 3. The van der Waals surface area contributed by atoms with Crippen LogP contribution in [0.25, 0.3) is 11.3 Å². The summed E-state index contributed by atoms with van der Waals surface area (Å²) in [4.78, 5) is 18.5. The van der Waals surface area contributed by atoms with Gasteiger partial charge in [0.2, 0.25) is 5.88 Å². The monoisotopic (exact) mass is 436 g/mol. The Morgan fingerprint density at radius 1 is 1.23 bits per heavy atom. The second-order valence-corrected chi connectivity index (χ2v) is 7.19. The van der Waals surface area contributed by atoms with Gasteiger partial charge in [0.15, 0.2) is 17.5 Å². The Morgan fingerprint density at radius 3 is 2.60 bits per heavy atom. The molecular formula is C20H16ClF3N4O2. The van der Waals surface area contributed by atoms with Crippen LogP contribution >= 0.6 is 11.6 Å². The fourth-order valence-corrected chi connectivity index (χ4v) is 3.92. The number of carbonyl (C=O) groups excluding carboxylic acids is 1. The third-order valence-electron chi connectivity index (χ3n) is 5.03. The number of halogens is 4. The third-order valence-corrected chi connectivity index (χ3v) is 5.39. The Kier molecular flexibility index (Phi) is 5.15. The fourth-order valence-electron chi connectivity index (χ4n) is 3.65. The molecule has 0 spiro atoms. The lowest BCUT2D eigenvalue weighted by Gasteiger charge is -2.27. The highest BCUT2D eigenvalue weighted by atomic mass is 35.5. The van der Waals surface area contributed by atoms with Crippen LogP contribution in [0.5, 0.6) is 5.88 Å². The minimum absolute atomic E-state index is 0.120. The van der Waals surface area contributed by atoms with Crippen LogP contribution in [0.4, 0.5) is 13.2 Å². The summed E-state index contributed by atoms with van der Waals surface area (Å²) in [7, 11) is 3.04. The summed E-state index contributed by atoms with van der Waals surface area (Å²) < 4.78 is 47.3. The topological polar surface area (TPSA) is 60.2 Å². The van der Waals surface area contributed by atoms with Gasteiger partial charge in [-0.1, -0.05) is 11.6 Å². The van der Waals surface area contributed by atoms with Crippen molar-refractivity contribution in [3.05, 3.63) is 63.7 Å². The van der Waals surface area contributed by atoms with Crippen molar-refractivity contribution in [2.24, 2.45) is 7.05 Å². The molecule has 0 atom stereocenters. The quantitative estimate of drug-likeness (QED) is 0.587. The highest BCUT2D eigenvalue weighted by Gasteiger charge is 2.29. The lowest BCUT2D eigenvalue weighted by molar-refractivity contribution is 0.0732. The highest BCUT2D eigenvalue weighted by molar-refractivity contribution is 6.35. The van der Waals surface area contributed by atoms with Crippen molar-refractivity contribution in [3.8, 4) is 17.1 Å². The van der Waals surface area contributed by atoms with E-state index in [1.54, 1.807) is 11.9 Å². The largest absolute Gasteiger partial charge is 0.480 e. The average Bonchev–Trinajstić information content (AvgIpc) is 3.06. The molecule has 0 bridgehead atoms. The van der Waals surface area contributed by atoms with Gasteiger partial charge in [-0.2, -0.15) is 5.10 Å². The number of aryl methyl sites for hydroxylation is 1. The van der Waals surface area contributed by atoms with Crippen LogP contribution < -0.4 is 4.74 Å². The third kappa shape index (κ3) is 3.28. The van der Waals surface area contributed by atoms with E-state index < -0.39 is 17.5 Å². The van der Waals surface area contributed by atoms with Crippen LogP contribution in [0.3, 0.4) is 0 Å². The normalized spacial score (nSPS) is 13.3. The Hall–Kier alpha value is -3.07. The van der Waals surface area contributed by atoms with Crippen molar-refractivity contribution < 1.29 is 22.7 Å². The number of nitrogens with zero attached hydrogens (tertiary/aromatic N) is 4. The average molecular weight is 437 g/mol. The van der Waals surface area contributed by atoms with Crippen molar-refractivity contribution in [1.82, 2.24) is 19.7 Å². The van der Waals surface area contributed by atoms with Gasteiger partial charge >= 0.3 is 0 Å². The maximum atomic E-state index is 13.7. The van der Waals surface area contributed by atoms with Crippen LogP contribution in [0.1, 0.15) is 21.6 Å². The summed E-state index contributed by atoms with van der Waals surface area (Å²) in [6.45, 7) is 0.535. The molecule has 3 aromatic rings. The first-order chi connectivity index (χ1) is 14.3. The molecule has 0 aliphatic carbocycles. The Balaban J connectivity index is 1.67. The summed E-state index contributed by atoms with van der Waals surface area (Å²) >= 11 is 6.22. The predicted octanol–water partition coefficient (Wildman–Crippen LogP) is 3.76. The first kappa shape index (κ1) is 20.2. The van der Waals surface area contributed by atoms with Crippen molar-refractivity contribution in [3.63, 3.8) is 0 Å². The number of ether oxygens (including phenoxy) is 1. The number of methoxy groups -OCH3 is 1. The summed E-state index contributed by atoms with van der Waals surface area (Å²) in [5.41, 5.74) is 2.27. The molecule has 0 saturated carbocycles. The molecule has 4 rings (SSSR count). The Morgan fingerprint density at radius 2 is 1.93 bits per heavy atom. The molecule has 6 nitrogen and oxygen atoms in total. The molecule has 2 aromatic heterocycles. The molecule has 1 amide bonds. The maximum Gasteiger partial charge on any atom is 0.255 e. The number of fused-ring (bicyclic) bond motifs is 1. The second kappa shape index (κ2) is 7.64. The number of aromatic nitrogens is 3. The molecular weight excluding hydrogens is 421 g/mol. The molecule has 156 valence electrons. The van der Waals surface area contributed by atoms with E-state index in [2.05, 4.69) is 10.1 Å². The Bertz CT molecular complexity index is 1140. The van der Waals surface area contributed by atoms with Gasteiger partial charge in [-0.05, 0) is 24.6 Å². The lowest BCUT2D eigenvalue weighted by Crippen LogP contribution is -2.36. The van der Waals surface area contributed by atoms with E-state index in [0.717, 1.165) is 17.7 Å². The maximum absolute atomic E-state index is 13.7. The molecule has 0 radical (unpaired) electrons. The molecule has 1 aliphatic heterocycles. The van der Waals surface area contributed by atoms with E-state index >= 15 is 0 Å². The van der Waals surface area contributed by atoms with E-state index in [-0.39, 0.29) is 34.5 Å². The van der Waals surface area contributed by atoms with Gasteiger partial charge in [0.1, 0.15) is 5.02 Å². The van der Waals surface area contributed by atoms with Crippen molar-refractivity contribution >= 4 is 17.5 Å². The number of carbonyl (C=O) groups is 1. The molecule has 1 aliphatic rings. The van der Waals surface area contributed by atoms with Gasteiger partial charge < -0.3 is 9.64 Å².